The minimum atomic E-state index is -4.41. The number of benzene rings is 1. The first kappa shape index (κ1) is 23.8. The fourth-order valence-corrected chi connectivity index (χ4v) is 2.61. The van der Waals surface area contributed by atoms with E-state index < -0.39 is 29.8 Å². The Labute approximate surface area is 171 Å². The zero-order valence-electron chi connectivity index (χ0n) is 14.7. The van der Waals surface area contributed by atoms with Gasteiger partial charge in [0.05, 0.1) is 18.5 Å². The third-order valence-electron chi connectivity index (χ3n) is 4.24. The fraction of sp³-hybridized carbons (Fsp3) is 0.588. The fourth-order valence-electron chi connectivity index (χ4n) is 2.61. The van der Waals surface area contributed by atoms with Crippen LogP contribution in [-0.2, 0) is 11.6 Å². The molecule has 2 N–H and O–H groups in total. The SMILES string of the molecule is CCNC(=NCC1(c2cccc(C(F)(F)F)c2)CC1)NCCC(F)(F)F.I. The molecule has 0 atom stereocenters. The lowest BCUT2D eigenvalue weighted by Gasteiger charge is -2.17. The molecule has 1 aliphatic carbocycles. The third kappa shape index (κ3) is 7.38. The third-order valence-corrected chi connectivity index (χ3v) is 4.24. The van der Waals surface area contributed by atoms with Crippen LogP contribution in [0.2, 0.25) is 0 Å². The van der Waals surface area contributed by atoms with Gasteiger partial charge >= 0.3 is 12.4 Å². The molecule has 1 aromatic rings. The molecule has 154 valence electrons. The van der Waals surface area contributed by atoms with Gasteiger partial charge in [-0.05, 0) is 31.4 Å². The van der Waals surface area contributed by atoms with Crippen molar-refractivity contribution >= 4 is 29.9 Å². The molecule has 0 spiro atoms. The Morgan fingerprint density at radius 3 is 2.30 bits per heavy atom. The van der Waals surface area contributed by atoms with Gasteiger partial charge in [0.25, 0.3) is 0 Å². The highest BCUT2D eigenvalue weighted by Gasteiger charge is 2.45. The number of guanidine groups is 1. The van der Waals surface area contributed by atoms with Crippen molar-refractivity contribution in [2.24, 2.45) is 4.99 Å². The first-order chi connectivity index (χ1) is 12.1. The van der Waals surface area contributed by atoms with E-state index in [0.29, 0.717) is 24.9 Å². The van der Waals surface area contributed by atoms with Crippen LogP contribution in [0.5, 0.6) is 0 Å². The molecule has 0 amide bonds. The van der Waals surface area contributed by atoms with E-state index in [1.165, 1.54) is 6.07 Å². The number of halogens is 7. The van der Waals surface area contributed by atoms with Crippen LogP contribution in [-0.4, -0.2) is 31.8 Å². The highest BCUT2D eigenvalue weighted by atomic mass is 127. The van der Waals surface area contributed by atoms with Gasteiger partial charge in [-0.15, -0.1) is 24.0 Å². The number of hydrogen-bond donors (Lipinski definition) is 2. The number of aliphatic imine (C=N–C) groups is 1. The number of nitrogens with zero attached hydrogens (tertiary/aromatic N) is 1. The predicted molar refractivity (Wildman–Crippen MR) is 102 cm³/mol. The maximum Gasteiger partial charge on any atom is 0.416 e. The quantitative estimate of drug-likeness (QED) is 0.249. The summed E-state index contributed by atoms with van der Waals surface area (Å²) in [6.45, 7) is 2.15. The Kier molecular flexibility index (Phi) is 8.24. The average molecular weight is 509 g/mol. The van der Waals surface area contributed by atoms with Crippen molar-refractivity contribution in [3.8, 4) is 0 Å². The first-order valence-corrected chi connectivity index (χ1v) is 8.32. The van der Waals surface area contributed by atoms with Crippen molar-refractivity contribution < 1.29 is 26.3 Å². The molecule has 0 aromatic heterocycles. The zero-order chi connectivity index (χ0) is 19.4. The smallest absolute Gasteiger partial charge is 0.357 e. The van der Waals surface area contributed by atoms with E-state index in [1.807, 2.05) is 0 Å². The lowest BCUT2D eigenvalue weighted by molar-refractivity contribution is -0.137. The largest absolute Gasteiger partial charge is 0.416 e. The number of alkyl halides is 6. The summed E-state index contributed by atoms with van der Waals surface area (Å²) in [7, 11) is 0. The minimum Gasteiger partial charge on any atom is -0.357 e. The van der Waals surface area contributed by atoms with Crippen LogP contribution < -0.4 is 10.6 Å². The Morgan fingerprint density at radius 1 is 1.11 bits per heavy atom. The summed E-state index contributed by atoms with van der Waals surface area (Å²) in [5, 5.41) is 5.45. The van der Waals surface area contributed by atoms with Crippen molar-refractivity contribution in [1.29, 1.82) is 0 Å². The minimum absolute atomic E-state index is 0. The summed E-state index contributed by atoms with van der Waals surface area (Å²) in [5.74, 6) is 0.231. The van der Waals surface area contributed by atoms with Gasteiger partial charge in [0.15, 0.2) is 5.96 Å². The van der Waals surface area contributed by atoms with Crippen LogP contribution in [0.4, 0.5) is 26.3 Å². The van der Waals surface area contributed by atoms with Crippen LogP contribution in [0.15, 0.2) is 29.3 Å². The molecule has 1 fully saturated rings. The van der Waals surface area contributed by atoms with Crippen molar-refractivity contribution in [2.75, 3.05) is 19.6 Å². The number of rotatable bonds is 6. The molecule has 1 saturated carbocycles. The van der Waals surface area contributed by atoms with Gasteiger partial charge in [-0.2, -0.15) is 26.3 Å². The highest BCUT2D eigenvalue weighted by Crippen LogP contribution is 2.49. The summed E-state index contributed by atoms with van der Waals surface area (Å²) in [6, 6.07) is 5.16. The molecule has 3 nitrogen and oxygen atoms in total. The van der Waals surface area contributed by atoms with Gasteiger partial charge in [0, 0.05) is 18.5 Å². The summed E-state index contributed by atoms with van der Waals surface area (Å²) in [4.78, 5) is 4.28. The molecule has 0 heterocycles. The summed E-state index contributed by atoms with van der Waals surface area (Å²) in [5.41, 5.74) is -0.629. The van der Waals surface area contributed by atoms with E-state index in [1.54, 1.807) is 13.0 Å². The van der Waals surface area contributed by atoms with Gasteiger partial charge < -0.3 is 10.6 Å². The highest BCUT2D eigenvalue weighted by molar-refractivity contribution is 14.0. The van der Waals surface area contributed by atoms with Crippen LogP contribution in [0.25, 0.3) is 0 Å². The predicted octanol–water partition coefficient (Wildman–Crippen LogP) is 4.86. The normalized spacial score (nSPS) is 16.5. The molecule has 1 aromatic carbocycles. The molecule has 1 aliphatic rings. The van der Waals surface area contributed by atoms with Crippen LogP contribution >= 0.6 is 24.0 Å². The van der Waals surface area contributed by atoms with E-state index >= 15 is 0 Å². The second-order valence-corrected chi connectivity index (χ2v) is 6.35. The lowest BCUT2D eigenvalue weighted by atomic mass is 9.94. The standard InChI is InChI=1S/C17H21F6N3.HI/c1-2-24-14(25-9-8-16(18,19)20)26-11-15(6-7-15)12-4-3-5-13(10-12)17(21,22)23;/h3-5,10H,2,6-9,11H2,1H3,(H2,24,25,26);1H. The zero-order valence-corrected chi connectivity index (χ0v) is 17.0. The van der Waals surface area contributed by atoms with E-state index in [4.69, 9.17) is 0 Å². The number of nitrogens with one attached hydrogen (secondary N) is 2. The second-order valence-electron chi connectivity index (χ2n) is 6.35. The molecule has 2 rings (SSSR count). The Bertz CT molecular complexity index is 638. The molecule has 10 heteroatoms. The van der Waals surface area contributed by atoms with Crippen molar-refractivity contribution in [2.45, 2.75) is 44.0 Å². The van der Waals surface area contributed by atoms with Crippen molar-refractivity contribution in [1.82, 2.24) is 10.6 Å². The molecule has 0 saturated heterocycles. The maximum absolute atomic E-state index is 12.9. The van der Waals surface area contributed by atoms with E-state index in [0.717, 1.165) is 12.1 Å². The molecule has 0 aliphatic heterocycles. The van der Waals surface area contributed by atoms with Gasteiger partial charge in [-0.3, -0.25) is 4.99 Å². The molecular weight excluding hydrogens is 487 g/mol. The summed E-state index contributed by atoms with van der Waals surface area (Å²) >= 11 is 0. The van der Waals surface area contributed by atoms with E-state index in [2.05, 4.69) is 15.6 Å². The molecule has 0 bridgehead atoms. The monoisotopic (exact) mass is 509 g/mol. The Hall–Kier alpha value is -1.20. The van der Waals surface area contributed by atoms with E-state index in [-0.39, 0.29) is 43.0 Å². The topological polar surface area (TPSA) is 36.4 Å². The van der Waals surface area contributed by atoms with Gasteiger partial charge in [-0.1, -0.05) is 18.2 Å². The van der Waals surface area contributed by atoms with Gasteiger partial charge in [0.1, 0.15) is 0 Å². The van der Waals surface area contributed by atoms with Crippen molar-refractivity contribution in [3.63, 3.8) is 0 Å². The Balaban J connectivity index is 0.00000364. The van der Waals surface area contributed by atoms with Crippen molar-refractivity contribution in [3.05, 3.63) is 35.4 Å². The first-order valence-electron chi connectivity index (χ1n) is 8.32. The second kappa shape index (κ2) is 9.33. The van der Waals surface area contributed by atoms with E-state index in [9.17, 15) is 26.3 Å². The van der Waals surface area contributed by atoms with Gasteiger partial charge in [-0.25, -0.2) is 0 Å². The molecular formula is C17H22F6IN3. The number of hydrogen-bond acceptors (Lipinski definition) is 1. The van der Waals surface area contributed by atoms with Crippen LogP contribution in [0.1, 0.15) is 37.3 Å². The summed E-state index contributed by atoms with van der Waals surface area (Å²) < 4.78 is 75.4. The summed E-state index contributed by atoms with van der Waals surface area (Å²) in [6.07, 6.45) is -8.28. The Morgan fingerprint density at radius 2 is 1.78 bits per heavy atom. The van der Waals surface area contributed by atoms with Crippen LogP contribution in [0.3, 0.4) is 0 Å². The van der Waals surface area contributed by atoms with Gasteiger partial charge in [0.2, 0.25) is 0 Å². The molecule has 0 unspecified atom stereocenters. The average Bonchev–Trinajstić information content (AvgIpc) is 3.32. The lowest BCUT2D eigenvalue weighted by Crippen LogP contribution is -2.39. The molecule has 0 radical (unpaired) electrons. The van der Waals surface area contributed by atoms with Crippen LogP contribution in [0, 0.1) is 0 Å². The molecule has 27 heavy (non-hydrogen) atoms. The maximum atomic E-state index is 12.9.